The molecular formula is C18H15NO4. The van der Waals surface area contributed by atoms with E-state index in [9.17, 15) is 4.79 Å². The van der Waals surface area contributed by atoms with Crippen molar-refractivity contribution in [3.63, 3.8) is 0 Å². The number of benzene rings is 2. The second-order valence-corrected chi connectivity index (χ2v) is 4.80. The summed E-state index contributed by atoms with van der Waals surface area (Å²) in [4.78, 5) is 15.9. The van der Waals surface area contributed by atoms with Crippen molar-refractivity contribution in [2.45, 2.75) is 0 Å². The molecule has 3 rings (SSSR count). The lowest BCUT2D eigenvalue weighted by molar-refractivity contribution is 0.355. The van der Waals surface area contributed by atoms with Crippen LogP contribution in [0.4, 0.5) is 0 Å². The Morgan fingerprint density at radius 2 is 1.78 bits per heavy atom. The molecule has 1 aromatic heterocycles. The predicted molar refractivity (Wildman–Crippen MR) is 88.8 cm³/mol. The SMILES string of the molecule is COc1ccc(C=Cc2nc(=O)c3ccccc3o2)cc1OC. The van der Waals surface area contributed by atoms with E-state index in [1.165, 1.54) is 0 Å². The number of nitrogens with zero attached hydrogens (tertiary/aromatic N) is 1. The Bertz CT molecular complexity index is 928. The Labute approximate surface area is 132 Å². The molecule has 0 amide bonds. The zero-order chi connectivity index (χ0) is 16.2. The normalized spacial score (nSPS) is 11.0. The minimum absolute atomic E-state index is 0.253. The fourth-order valence-electron chi connectivity index (χ4n) is 2.22. The van der Waals surface area contributed by atoms with E-state index in [4.69, 9.17) is 13.9 Å². The molecule has 23 heavy (non-hydrogen) atoms. The zero-order valence-electron chi connectivity index (χ0n) is 12.8. The maximum atomic E-state index is 12.0. The lowest BCUT2D eigenvalue weighted by Gasteiger charge is -2.07. The molecule has 0 N–H and O–H groups in total. The van der Waals surface area contributed by atoms with Crippen molar-refractivity contribution in [2.24, 2.45) is 0 Å². The van der Waals surface area contributed by atoms with E-state index in [-0.39, 0.29) is 11.4 Å². The number of hydrogen-bond acceptors (Lipinski definition) is 5. The van der Waals surface area contributed by atoms with E-state index >= 15 is 0 Å². The van der Waals surface area contributed by atoms with Gasteiger partial charge in [-0.05, 0) is 35.9 Å². The molecule has 0 spiro atoms. The first-order valence-electron chi connectivity index (χ1n) is 7.01. The van der Waals surface area contributed by atoms with E-state index in [0.29, 0.717) is 22.5 Å². The number of ether oxygens (including phenoxy) is 2. The first kappa shape index (κ1) is 14.8. The van der Waals surface area contributed by atoms with Gasteiger partial charge in [-0.2, -0.15) is 4.98 Å². The van der Waals surface area contributed by atoms with Crippen LogP contribution in [0.5, 0.6) is 11.5 Å². The fraction of sp³-hybridized carbons (Fsp3) is 0.111. The van der Waals surface area contributed by atoms with Crippen LogP contribution in [-0.4, -0.2) is 19.2 Å². The predicted octanol–water partition coefficient (Wildman–Crippen LogP) is 3.38. The molecule has 0 radical (unpaired) electrons. The van der Waals surface area contributed by atoms with E-state index in [1.54, 1.807) is 44.6 Å². The van der Waals surface area contributed by atoms with Gasteiger partial charge >= 0.3 is 0 Å². The molecule has 0 fully saturated rings. The molecule has 116 valence electrons. The van der Waals surface area contributed by atoms with E-state index in [0.717, 1.165) is 5.56 Å². The lowest BCUT2D eigenvalue weighted by atomic mass is 10.2. The molecule has 0 aliphatic carbocycles. The minimum Gasteiger partial charge on any atom is -0.493 e. The third-order valence-corrected chi connectivity index (χ3v) is 3.37. The molecule has 0 saturated carbocycles. The third kappa shape index (κ3) is 3.08. The van der Waals surface area contributed by atoms with Gasteiger partial charge in [0.25, 0.3) is 5.56 Å². The van der Waals surface area contributed by atoms with Gasteiger partial charge in [0, 0.05) is 6.08 Å². The number of aromatic nitrogens is 1. The van der Waals surface area contributed by atoms with Crippen LogP contribution in [0.15, 0.2) is 51.7 Å². The Kier molecular flexibility index (Phi) is 4.10. The molecule has 5 nitrogen and oxygen atoms in total. The summed E-state index contributed by atoms with van der Waals surface area (Å²) in [7, 11) is 3.16. The van der Waals surface area contributed by atoms with E-state index < -0.39 is 0 Å². The summed E-state index contributed by atoms with van der Waals surface area (Å²) in [5, 5.41) is 0.468. The molecule has 3 aromatic rings. The topological polar surface area (TPSA) is 61.6 Å². The lowest BCUT2D eigenvalue weighted by Crippen LogP contribution is -2.06. The summed E-state index contributed by atoms with van der Waals surface area (Å²) in [6.07, 6.45) is 3.44. The second kappa shape index (κ2) is 6.36. The molecular weight excluding hydrogens is 294 g/mol. The van der Waals surface area contributed by atoms with Crippen molar-refractivity contribution in [3.05, 3.63) is 64.3 Å². The summed E-state index contributed by atoms with van der Waals surface area (Å²) in [6, 6.07) is 12.5. The summed E-state index contributed by atoms with van der Waals surface area (Å²) < 4.78 is 16.1. The smallest absolute Gasteiger partial charge is 0.284 e. The van der Waals surface area contributed by atoms with Crippen molar-refractivity contribution in [1.82, 2.24) is 4.98 Å². The summed E-state index contributed by atoms with van der Waals surface area (Å²) >= 11 is 0. The first-order chi connectivity index (χ1) is 11.2. The zero-order valence-corrected chi connectivity index (χ0v) is 12.8. The van der Waals surface area contributed by atoms with Crippen molar-refractivity contribution in [1.29, 1.82) is 0 Å². The molecule has 0 atom stereocenters. The van der Waals surface area contributed by atoms with Gasteiger partial charge in [-0.25, -0.2) is 0 Å². The number of methoxy groups -OCH3 is 2. The quantitative estimate of drug-likeness (QED) is 0.739. The highest BCUT2D eigenvalue weighted by molar-refractivity contribution is 5.76. The standard InChI is InChI=1S/C18H15NO4/c1-21-15-9-7-12(11-16(15)22-2)8-10-17-19-18(20)13-5-3-4-6-14(13)23-17/h3-11H,1-2H3. The van der Waals surface area contributed by atoms with Crippen LogP contribution in [0.2, 0.25) is 0 Å². The molecule has 5 heteroatoms. The molecule has 0 unspecified atom stereocenters. The van der Waals surface area contributed by atoms with E-state index in [1.807, 2.05) is 24.3 Å². The van der Waals surface area contributed by atoms with Crippen LogP contribution < -0.4 is 15.0 Å². The second-order valence-electron chi connectivity index (χ2n) is 4.80. The van der Waals surface area contributed by atoms with Gasteiger partial charge in [0.15, 0.2) is 11.5 Å². The Hall–Kier alpha value is -3.08. The fourth-order valence-corrected chi connectivity index (χ4v) is 2.22. The van der Waals surface area contributed by atoms with Crippen molar-refractivity contribution in [2.75, 3.05) is 14.2 Å². The minimum atomic E-state index is -0.307. The highest BCUT2D eigenvalue weighted by Gasteiger charge is 2.05. The molecule has 0 aliphatic rings. The van der Waals surface area contributed by atoms with Gasteiger partial charge in [-0.3, -0.25) is 4.79 Å². The maximum Gasteiger partial charge on any atom is 0.284 e. The highest BCUT2D eigenvalue weighted by Crippen LogP contribution is 2.28. The van der Waals surface area contributed by atoms with Gasteiger partial charge in [0.05, 0.1) is 19.6 Å². The maximum absolute atomic E-state index is 12.0. The van der Waals surface area contributed by atoms with Gasteiger partial charge in [0.1, 0.15) is 5.58 Å². The largest absolute Gasteiger partial charge is 0.493 e. The molecule has 0 aliphatic heterocycles. The number of hydrogen-bond donors (Lipinski definition) is 0. The number of fused-ring (bicyclic) bond motifs is 1. The number of para-hydroxylation sites is 1. The van der Waals surface area contributed by atoms with Gasteiger partial charge in [0.2, 0.25) is 5.89 Å². The summed E-state index contributed by atoms with van der Waals surface area (Å²) in [5.74, 6) is 1.53. The van der Waals surface area contributed by atoms with Crippen LogP contribution in [0.1, 0.15) is 11.5 Å². The van der Waals surface area contributed by atoms with Crippen molar-refractivity contribution >= 4 is 23.1 Å². The Morgan fingerprint density at radius 1 is 1.00 bits per heavy atom. The molecule has 2 aromatic carbocycles. The van der Waals surface area contributed by atoms with Gasteiger partial charge < -0.3 is 13.9 Å². The average Bonchev–Trinajstić information content (AvgIpc) is 2.59. The van der Waals surface area contributed by atoms with Crippen LogP contribution >= 0.6 is 0 Å². The van der Waals surface area contributed by atoms with Crippen LogP contribution in [0.3, 0.4) is 0 Å². The van der Waals surface area contributed by atoms with Gasteiger partial charge in [-0.15, -0.1) is 0 Å². The average molecular weight is 309 g/mol. The summed E-state index contributed by atoms with van der Waals surface area (Å²) in [6.45, 7) is 0. The Morgan fingerprint density at radius 3 is 2.57 bits per heavy atom. The molecule has 1 heterocycles. The van der Waals surface area contributed by atoms with Crippen LogP contribution in [0, 0.1) is 0 Å². The Balaban J connectivity index is 1.95. The highest BCUT2D eigenvalue weighted by atomic mass is 16.5. The monoisotopic (exact) mass is 309 g/mol. The van der Waals surface area contributed by atoms with Crippen molar-refractivity contribution in [3.8, 4) is 11.5 Å². The third-order valence-electron chi connectivity index (χ3n) is 3.37. The van der Waals surface area contributed by atoms with Crippen LogP contribution in [-0.2, 0) is 0 Å². The molecule has 0 saturated heterocycles. The van der Waals surface area contributed by atoms with Crippen molar-refractivity contribution < 1.29 is 13.9 Å². The van der Waals surface area contributed by atoms with E-state index in [2.05, 4.69) is 4.98 Å². The van der Waals surface area contributed by atoms with Gasteiger partial charge in [-0.1, -0.05) is 18.2 Å². The van der Waals surface area contributed by atoms with Crippen LogP contribution in [0.25, 0.3) is 23.1 Å². The number of rotatable bonds is 4. The summed E-state index contributed by atoms with van der Waals surface area (Å²) in [5.41, 5.74) is 1.08. The molecule has 0 bridgehead atoms. The first-order valence-corrected chi connectivity index (χ1v) is 7.01.